The molecule has 3 rings (SSSR count). The summed E-state index contributed by atoms with van der Waals surface area (Å²) in [5.41, 5.74) is 2.78. The van der Waals surface area contributed by atoms with Crippen molar-refractivity contribution in [2.24, 2.45) is 0 Å². The maximum atomic E-state index is 12.4. The van der Waals surface area contributed by atoms with Crippen LogP contribution in [-0.2, 0) is 5.75 Å². The number of thioether (sulfide) groups is 1. The zero-order chi connectivity index (χ0) is 19.4. The van der Waals surface area contributed by atoms with Gasteiger partial charge in [0.1, 0.15) is 16.5 Å². The monoisotopic (exact) mass is 401 g/mol. The molecule has 0 aliphatic heterocycles. The average Bonchev–Trinajstić information content (AvgIpc) is 3.28. The second-order valence-electron chi connectivity index (χ2n) is 6.04. The van der Waals surface area contributed by atoms with Gasteiger partial charge in [-0.2, -0.15) is 0 Å². The number of para-hydroxylation sites is 1. The van der Waals surface area contributed by atoms with Crippen molar-refractivity contribution in [3.05, 3.63) is 51.7 Å². The van der Waals surface area contributed by atoms with E-state index in [0.29, 0.717) is 24.5 Å². The number of benzene rings is 1. The van der Waals surface area contributed by atoms with Gasteiger partial charge in [-0.25, -0.2) is 4.98 Å². The molecule has 0 N–H and O–H groups in total. The molecule has 0 spiro atoms. The Morgan fingerprint density at radius 1 is 1.19 bits per heavy atom. The second-order valence-corrected chi connectivity index (χ2v) is 7.93. The van der Waals surface area contributed by atoms with Crippen molar-refractivity contribution in [1.29, 1.82) is 0 Å². The fourth-order valence-electron chi connectivity index (χ4n) is 2.80. The predicted octanol–water partition coefficient (Wildman–Crippen LogP) is 4.11. The number of nitrogens with zero attached hydrogens (tertiary/aromatic N) is 5. The number of thiazole rings is 1. The fourth-order valence-corrected chi connectivity index (χ4v) is 4.58. The van der Waals surface area contributed by atoms with E-state index in [1.165, 1.54) is 16.9 Å². The Kier molecular flexibility index (Phi) is 6.28. The van der Waals surface area contributed by atoms with Crippen LogP contribution in [0.2, 0.25) is 0 Å². The van der Waals surface area contributed by atoms with Crippen LogP contribution < -0.4 is 0 Å². The highest BCUT2D eigenvalue weighted by atomic mass is 32.2. The lowest BCUT2D eigenvalue weighted by Crippen LogP contribution is -2.30. The van der Waals surface area contributed by atoms with Crippen molar-refractivity contribution in [3.63, 3.8) is 0 Å². The molecule has 0 saturated carbocycles. The second kappa shape index (κ2) is 8.67. The first-order chi connectivity index (χ1) is 13.0. The van der Waals surface area contributed by atoms with Crippen LogP contribution in [0.5, 0.6) is 0 Å². The number of amides is 1. The quantitative estimate of drug-likeness (QED) is 0.557. The molecule has 0 aliphatic rings. The topological polar surface area (TPSA) is 63.9 Å². The van der Waals surface area contributed by atoms with E-state index in [1.807, 2.05) is 38.3 Å². The summed E-state index contributed by atoms with van der Waals surface area (Å²) in [6.07, 6.45) is 0. The van der Waals surface area contributed by atoms with E-state index < -0.39 is 0 Å². The third-order valence-corrected chi connectivity index (χ3v) is 6.27. The lowest BCUT2D eigenvalue weighted by Gasteiger charge is -2.16. The average molecular weight is 402 g/mol. The van der Waals surface area contributed by atoms with Gasteiger partial charge < -0.3 is 4.90 Å². The first kappa shape index (κ1) is 19.6. The molecule has 0 fully saturated rings. The number of aromatic nitrogens is 4. The van der Waals surface area contributed by atoms with Crippen molar-refractivity contribution in [1.82, 2.24) is 24.6 Å². The Morgan fingerprint density at radius 2 is 1.93 bits per heavy atom. The van der Waals surface area contributed by atoms with Crippen molar-refractivity contribution < 1.29 is 4.79 Å². The predicted molar refractivity (Wildman–Crippen MR) is 110 cm³/mol. The number of rotatable bonds is 7. The third-order valence-electron chi connectivity index (χ3n) is 4.30. The van der Waals surface area contributed by atoms with E-state index in [9.17, 15) is 4.79 Å². The van der Waals surface area contributed by atoms with Crippen LogP contribution in [0.3, 0.4) is 0 Å². The minimum Gasteiger partial charge on any atom is -0.338 e. The van der Waals surface area contributed by atoms with E-state index in [0.717, 1.165) is 21.7 Å². The zero-order valence-corrected chi connectivity index (χ0v) is 17.6. The van der Waals surface area contributed by atoms with Gasteiger partial charge >= 0.3 is 0 Å². The van der Waals surface area contributed by atoms with Crippen LogP contribution in [0.1, 0.15) is 40.7 Å². The highest BCUT2D eigenvalue weighted by molar-refractivity contribution is 7.98. The van der Waals surface area contributed by atoms with Crippen molar-refractivity contribution in [2.75, 3.05) is 13.1 Å². The molecule has 27 heavy (non-hydrogen) atoms. The van der Waals surface area contributed by atoms with Crippen LogP contribution in [-0.4, -0.2) is 43.6 Å². The van der Waals surface area contributed by atoms with Gasteiger partial charge in [-0.05, 0) is 39.3 Å². The highest BCUT2D eigenvalue weighted by Crippen LogP contribution is 2.27. The number of aryl methyl sites for hydroxylation is 2. The van der Waals surface area contributed by atoms with E-state index in [1.54, 1.807) is 16.7 Å². The zero-order valence-electron chi connectivity index (χ0n) is 16.0. The molecule has 0 bridgehead atoms. The first-order valence-corrected chi connectivity index (χ1v) is 10.8. The van der Waals surface area contributed by atoms with Gasteiger partial charge in [0.15, 0.2) is 5.16 Å². The largest absolute Gasteiger partial charge is 0.338 e. The summed E-state index contributed by atoms with van der Waals surface area (Å²) in [5, 5.41) is 12.1. The van der Waals surface area contributed by atoms with Crippen LogP contribution in [0.15, 0.2) is 34.8 Å². The molecular formula is C19H23N5OS2. The van der Waals surface area contributed by atoms with Gasteiger partial charge in [0.05, 0.1) is 11.4 Å². The summed E-state index contributed by atoms with van der Waals surface area (Å²) >= 11 is 3.09. The van der Waals surface area contributed by atoms with Gasteiger partial charge in [-0.15, -0.1) is 21.5 Å². The van der Waals surface area contributed by atoms with Crippen LogP contribution in [0.25, 0.3) is 5.69 Å². The number of hydrogen-bond acceptors (Lipinski definition) is 6. The Hall–Kier alpha value is -2.19. The molecule has 142 valence electrons. The molecule has 0 aliphatic carbocycles. The Morgan fingerprint density at radius 3 is 2.63 bits per heavy atom. The molecule has 3 aromatic rings. The van der Waals surface area contributed by atoms with E-state index in [2.05, 4.69) is 38.8 Å². The smallest absolute Gasteiger partial charge is 0.273 e. The number of carbonyl (C=O) groups is 1. The standard InChI is InChI=1S/C19H23N5OS2/c1-5-23(6-2)18(25)15-11-26-17(20-15)12-27-19-22-21-14(4)24(19)16-10-8-7-9-13(16)3/h7-11H,5-6,12H2,1-4H3. The Bertz CT molecular complexity index is 930. The fraction of sp³-hybridized carbons (Fsp3) is 0.368. The summed E-state index contributed by atoms with van der Waals surface area (Å²) < 4.78 is 2.07. The molecule has 0 unspecified atom stereocenters. The molecule has 8 heteroatoms. The minimum atomic E-state index is -0.00794. The molecule has 1 amide bonds. The van der Waals surface area contributed by atoms with Gasteiger partial charge in [0.2, 0.25) is 0 Å². The van der Waals surface area contributed by atoms with Gasteiger partial charge in [0, 0.05) is 18.5 Å². The third kappa shape index (κ3) is 4.22. The summed E-state index contributed by atoms with van der Waals surface area (Å²) in [4.78, 5) is 18.7. The van der Waals surface area contributed by atoms with Gasteiger partial charge in [-0.3, -0.25) is 9.36 Å². The maximum absolute atomic E-state index is 12.4. The van der Waals surface area contributed by atoms with Crippen molar-refractivity contribution in [3.8, 4) is 5.69 Å². The molecule has 2 aromatic heterocycles. The summed E-state index contributed by atoms with van der Waals surface area (Å²) in [5.74, 6) is 1.50. The molecule has 6 nitrogen and oxygen atoms in total. The molecule has 0 radical (unpaired) electrons. The van der Waals surface area contributed by atoms with E-state index in [4.69, 9.17) is 0 Å². The minimum absolute atomic E-state index is 0.00794. The SMILES string of the molecule is CCN(CC)C(=O)c1csc(CSc2nnc(C)n2-c2ccccc2C)n1. The normalized spacial score (nSPS) is 11.0. The van der Waals surface area contributed by atoms with Crippen LogP contribution in [0.4, 0.5) is 0 Å². The van der Waals surface area contributed by atoms with E-state index >= 15 is 0 Å². The Balaban J connectivity index is 1.76. The molecule has 1 aromatic carbocycles. The molecule has 0 saturated heterocycles. The summed E-state index contributed by atoms with van der Waals surface area (Å²) in [6, 6.07) is 8.19. The first-order valence-electron chi connectivity index (χ1n) is 8.89. The highest BCUT2D eigenvalue weighted by Gasteiger charge is 2.17. The molecule has 0 atom stereocenters. The summed E-state index contributed by atoms with van der Waals surface area (Å²) in [7, 11) is 0. The van der Waals surface area contributed by atoms with Crippen LogP contribution in [0, 0.1) is 13.8 Å². The maximum Gasteiger partial charge on any atom is 0.273 e. The van der Waals surface area contributed by atoms with Crippen molar-refractivity contribution in [2.45, 2.75) is 38.6 Å². The Labute approximate surface area is 167 Å². The van der Waals surface area contributed by atoms with E-state index in [-0.39, 0.29) is 5.91 Å². The van der Waals surface area contributed by atoms with Crippen molar-refractivity contribution >= 4 is 29.0 Å². The molecular weight excluding hydrogens is 378 g/mol. The summed E-state index contributed by atoms with van der Waals surface area (Å²) in [6.45, 7) is 9.37. The number of carbonyl (C=O) groups excluding carboxylic acids is 1. The lowest BCUT2D eigenvalue weighted by molar-refractivity contribution is 0.0768. The number of hydrogen-bond donors (Lipinski definition) is 0. The van der Waals surface area contributed by atoms with Gasteiger partial charge in [-0.1, -0.05) is 30.0 Å². The van der Waals surface area contributed by atoms with Gasteiger partial charge in [0.25, 0.3) is 5.91 Å². The lowest BCUT2D eigenvalue weighted by atomic mass is 10.2. The van der Waals surface area contributed by atoms with Crippen LogP contribution >= 0.6 is 23.1 Å². The molecule has 2 heterocycles.